The van der Waals surface area contributed by atoms with E-state index < -0.39 is 0 Å². The van der Waals surface area contributed by atoms with E-state index in [4.69, 9.17) is 0 Å². The lowest BCUT2D eigenvalue weighted by atomic mass is 9.85. The number of rotatable bonds is 8. The fourth-order valence-electron chi connectivity index (χ4n) is 3.61. The number of fused-ring (bicyclic) bond motifs is 2. The van der Waals surface area contributed by atoms with Crippen molar-refractivity contribution in [3.8, 4) is 0 Å². The summed E-state index contributed by atoms with van der Waals surface area (Å²) in [6, 6.07) is 0. The van der Waals surface area contributed by atoms with Crippen LogP contribution >= 0.6 is 11.8 Å². The molecule has 19 heavy (non-hydrogen) atoms. The largest absolute Gasteiger partial charge is 0.299 e. The minimum Gasteiger partial charge on any atom is -0.299 e. The molecule has 0 radical (unpaired) electrons. The fraction of sp³-hybridized carbons (Fsp3) is 0.941. The molecule has 0 amide bonds. The second-order valence-electron chi connectivity index (χ2n) is 6.46. The molecule has 2 aliphatic rings. The quantitative estimate of drug-likeness (QED) is 0.557. The number of thioether (sulfide) groups is 1. The van der Waals surface area contributed by atoms with Gasteiger partial charge in [-0.25, -0.2) is 0 Å². The minimum atomic E-state index is 0.423. The normalized spacial score (nSPS) is 30.3. The van der Waals surface area contributed by atoms with Gasteiger partial charge in [-0.05, 0) is 32.1 Å². The van der Waals surface area contributed by atoms with Crippen molar-refractivity contribution in [3.63, 3.8) is 0 Å². The molecule has 0 spiro atoms. The Bertz CT molecular complexity index is 264. The third kappa shape index (κ3) is 5.13. The molecule has 2 fully saturated rings. The number of hydrogen-bond acceptors (Lipinski definition) is 2. The van der Waals surface area contributed by atoms with Crippen LogP contribution in [0.3, 0.4) is 0 Å². The van der Waals surface area contributed by atoms with Crippen molar-refractivity contribution in [1.82, 2.24) is 0 Å². The lowest BCUT2D eigenvalue weighted by Crippen LogP contribution is -2.32. The molecule has 2 rings (SSSR count). The Labute approximate surface area is 123 Å². The highest BCUT2D eigenvalue weighted by atomic mass is 32.2. The van der Waals surface area contributed by atoms with Crippen LogP contribution in [0.15, 0.2) is 0 Å². The topological polar surface area (TPSA) is 17.1 Å². The molecule has 2 heteroatoms. The van der Waals surface area contributed by atoms with Gasteiger partial charge in [0.05, 0.1) is 0 Å². The summed E-state index contributed by atoms with van der Waals surface area (Å²) in [6.45, 7) is 2.25. The Morgan fingerprint density at radius 2 is 1.63 bits per heavy atom. The van der Waals surface area contributed by atoms with Crippen LogP contribution < -0.4 is 0 Å². The van der Waals surface area contributed by atoms with E-state index >= 15 is 0 Å². The number of carbonyl (C=O) groups is 1. The summed E-state index contributed by atoms with van der Waals surface area (Å²) in [6.07, 6.45) is 15.1. The van der Waals surface area contributed by atoms with E-state index in [9.17, 15) is 4.79 Å². The highest BCUT2D eigenvalue weighted by Crippen LogP contribution is 2.44. The van der Waals surface area contributed by atoms with Crippen LogP contribution in [-0.4, -0.2) is 16.3 Å². The van der Waals surface area contributed by atoms with Gasteiger partial charge in [-0.15, -0.1) is 0 Å². The monoisotopic (exact) mass is 282 g/mol. The number of hydrogen-bond donors (Lipinski definition) is 0. The lowest BCUT2D eigenvalue weighted by Gasteiger charge is -2.38. The van der Waals surface area contributed by atoms with E-state index in [-0.39, 0.29) is 0 Å². The Morgan fingerprint density at radius 1 is 1.00 bits per heavy atom. The summed E-state index contributed by atoms with van der Waals surface area (Å²) in [4.78, 5) is 12.3. The first-order valence-electron chi connectivity index (χ1n) is 8.47. The first-order valence-corrected chi connectivity index (χ1v) is 9.42. The van der Waals surface area contributed by atoms with Gasteiger partial charge < -0.3 is 0 Å². The van der Waals surface area contributed by atoms with Crippen LogP contribution in [0.4, 0.5) is 0 Å². The molecule has 2 atom stereocenters. The molecule has 0 aromatic carbocycles. The first kappa shape index (κ1) is 15.4. The molecule has 110 valence electrons. The maximum absolute atomic E-state index is 12.3. The van der Waals surface area contributed by atoms with Crippen molar-refractivity contribution < 1.29 is 4.79 Å². The smallest absolute Gasteiger partial charge is 0.136 e. The van der Waals surface area contributed by atoms with Crippen LogP contribution in [-0.2, 0) is 4.79 Å². The summed E-state index contributed by atoms with van der Waals surface area (Å²) in [5.74, 6) is 1.01. The zero-order valence-corrected chi connectivity index (χ0v) is 13.4. The number of carbonyl (C=O) groups excluding carboxylic acids is 1. The molecule has 2 bridgehead atoms. The zero-order chi connectivity index (χ0) is 13.5. The molecule has 2 unspecified atom stereocenters. The van der Waals surface area contributed by atoms with Crippen molar-refractivity contribution in [2.75, 3.05) is 0 Å². The molecule has 0 aliphatic carbocycles. The summed E-state index contributed by atoms with van der Waals surface area (Å²) >= 11 is 2.18. The average Bonchev–Trinajstić information content (AvgIpc) is 2.42. The summed E-state index contributed by atoms with van der Waals surface area (Å²) in [7, 11) is 0. The van der Waals surface area contributed by atoms with Crippen LogP contribution in [0.25, 0.3) is 0 Å². The Hall–Kier alpha value is 0.0200. The van der Waals surface area contributed by atoms with E-state index in [0.717, 1.165) is 23.3 Å². The van der Waals surface area contributed by atoms with E-state index in [1.807, 2.05) is 0 Å². The van der Waals surface area contributed by atoms with Crippen molar-refractivity contribution in [2.24, 2.45) is 5.92 Å². The third-order valence-corrected chi connectivity index (χ3v) is 6.39. The number of Topliss-reactive ketones (excluding diaryl/α,β-unsaturated/α-hetero) is 1. The van der Waals surface area contributed by atoms with Gasteiger partial charge in [0, 0.05) is 22.8 Å². The summed E-state index contributed by atoms with van der Waals surface area (Å²) in [5, 5.41) is 1.62. The van der Waals surface area contributed by atoms with Gasteiger partial charge in [0.2, 0.25) is 0 Å². The third-order valence-electron chi connectivity index (χ3n) is 4.76. The predicted octanol–water partition coefficient (Wildman–Crippen LogP) is 5.37. The Balaban J connectivity index is 1.60. The maximum Gasteiger partial charge on any atom is 0.136 e. The standard InChI is InChI=1S/C17H30OS/c1-2-3-4-5-6-7-11-17(18)14-12-15-9-8-10-16(13-14)19-15/h14-16H,2-13H2,1H3. The van der Waals surface area contributed by atoms with Gasteiger partial charge >= 0.3 is 0 Å². The zero-order valence-electron chi connectivity index (χ0n) is 12.5. The van der Waals surface area contributed by atoms with Gasteiger partial charge in [-0.2, -0.15) is 11.8 Å². The second kappa shape index (κ2) is 8.34. The van der Waals surface area contributed by atoms with Gasteiger partial charge in [-0.3, -0.25) is 4.79 Å². The highest BCUT2D eigenvalue weighted by molar-refractivity contribution is 8.00. The molecule has 2 heterocycles. The second-order valence-corrected chi connectivity index (χ2v) is 8.07. The molecular weight excluding hydrogens is 252 g/mol. The lowest BCUT2D eigenvalue weighted by molar-refractivity contribution is -0.123. The van der Waals surface area contributed by atoms with Gasteiger partial charge in [0.1, 0.15) is 5.78 Å². The van der Waals surface area contributed by atoms with Crippen LogP contribution in [0, 0.1) is 5.92 Å². The number of unbranched alkanes of at least 4 members (excludes halogenated alkanes) is 5. The highest BCUT2D eigenvalue weighted by Gasteiger charge is 2.34. The number of ketones is 1. The Morgan fingerprint density at radius 3 is 2.32 bits per heavy atom. The molecule has 0 N–H and O–H groups in total. The molecule has 1 nitrogen and oxygen atoms in total. The molecular formula is C17H30OS. The van der Waals surface area contributed by atoms with Crippen molar-refractivity contribution >= 4 is 17.5 Å². The van der Waals surface area contributed by atoms with Gasteiger partial charge in [-0.1, -0.05) is 45.4 Å². The van der Waals surface area contributed by atoms with Crippen molar-refractivity contribution in [3.05, 3.63) is 0 Å². The van der Waals surface area contributed by atoms with Gasteiger partial charge in [0.25, 0.3) is 0 Å². The minimum absolute atomic E-state index is 0.423. The van der Waals surface area contributed by atoms with E-state index in [0.29, 0.717) is 11.7 Å². The molecule has 2 saturated heterocycles. The average molecular weight is 282 g/mol. The summed E-state index contributed by atoms with van der Waals surface area (Å²) < 4.78 is 0. The SMILES string of the molecule is CCCCCCCCC(=O)C1CC2CCCC(C1)S2. The van der Waals surface area contributed by atoms with Crippen LogP contribution in [0.2, 0.25) is 0 Å². The fourth-order valence-corrected chi connectivity index (χ4v) is 5.44. The van der Waals surface area contributed by atoms with Crippen LogP contribution in [0.5, 0.6) is 0 Å². The summed E-state index contributed by atoms with van der Waals surface area (Å²) in [5.41, 5.74) is 0. The van der Waals surface area contributed by atoms with E-state index in [2.05, 4.69) is 18.7 Å². The van der Waals surface area contributed by atoms with Crippen molar-refractivity contribution in [1.29, 1.82) is 0 Å². The van der Waals surface area contributed by atoms with Crippen molar-refractivity contribution in [2.45, 2.75) is 94.5 Å². The Kier molecular flexibility index (Phi) is 6.76. The first-order chi connectivity index (χ1) is 9.29. The molecule has 2 aliphatic heterocycles. The van der Waals surface area contributed by atoms with Gasteiger partial charge in [0.15, 0.2) is 0 Å². The van der Waals surface area contributed by atoms with Crippen LogP contribution in [0.1, 0.15) is 84.0 Å². The van der Waals surface area contributed by atoms with E-state index in [1.54, 1.807) is 0 Å². The molecule has 0 aromatic heterocycles. The predicted molar refractivity (Wildman–Crippen MR) is 84.7 cm³/mol. The molecule has 0 aromatic rings. The molecule has 0 saturated carbocycles. The van der Waals surface area contributed by atoms with E-state index in [1.165, 1.54) is 64.2 Å². The maximum atomic E-state index is 12.3.